The second kappa shape index (κ2) is 9.92. The molecule has 5 heteroatoms. The van der Waals surface area contributed by atoms with Gasteiger partial charge in [0.15, 0.2) is 0 Å². The van der Waals surface area contributed by atoms with E-state index in [1.165, 1.54) is 6.07 Å². The fourth-order valence-electron chi connectivity index (χ4n) is 2.51. The molecule has 0 atom stereocenters. The van der Waals surface area contributed by atoms with E-state index in [0.717, 1.165) is 5.56 Å². The van der Waals surface area contributed by atoms with E-state index in [1.807, 2.05) is 60.7 Å². The lowest BCUT2D eigenvalue weighted by molar-refractivity contribution is -0.133. The van der Waals surface area contributed by atoms with E-state index in [4.69, 9.17) is 14.2 Å². The Labute approximate surface area is 163 Å². The number of hydrogen-bond acceptors (Lipinski definition) is 5. The Hall–Kier alpha value is -3.60. The molecule has 0 aliphatic rings. The Morgan fingerprint density at radius 2 is 1.39 bits per heavy atom. The molecule has 0 heterocycles. The zero-order valence-corrected chi connectivity index (χ0v) is 15.2. The Bertz CT molecular complexity index is 907. The molecule has 0 aliphatic heterocycles. The van der Waals surface area contributed by atoms with Crippen molar-refractivity contribution in [1.29, 1.82) is 0 Å². The second-order valence-corrected chi connectivity index (χ2v) is 5.96. The van der Waals surface area contributed by atoms with Crippen molar-refractivity contribution in [2.75, 3.05) is 13.2 Å². The summed E-state index contributed by atoms with van der Waals surface area (Å²) in [5, 5.41) is 0. The summed E-state index contributed by atoms with van der Waals surface area (Å²) in [5.41, 5.74) is 1.17. The van der Waals surface area contributed by atoms with Crippen LogP contribution in [0.3, 0.4) is 0 Å². The lowest BCUT2D eigenvalue weighted by Gasteiger charge is -2.08. The van der Waals surface area contributed by atoms with Gasteiger partial charge in [0.25, 0.3) is 0 Å². The van der Waals surface area contributed by atoms with Crippen LogP contribution in [-0.4, -0.2) is 25.2 Å². The molecule has 28 heavy (non-hydrogen) atoms. The van der Waals surface area contributed by atoms with Crippen LogP contribution in [0.2, 0.25) is 0 Å². The maximum atomic E-state index is 12.2. The van der Waals surface area contributed by atoms with Crippen molar-refractivity contribution in [3.63, 3.8) is 0 Å². The molecule has 0 aromatic heterocycles. The first-order valence-corrected chi connectivity index (χ1v) is 8.90. The highest BCUT2D eigenvalue weighted by Crippen LogP contribution is 2.15. The maximum absolute atomic E-state index is 12.2. The Morgan fingerprint density at radius 3 is 2.14 bits per heavy atom. The molecule has 0 unspecified atom stereocenters. The van der Waals surface area contributed by atoms with Gasteiger partial charge in [0.05, 0.1) is 12.0 Å². The number of para-hydroxylation sites is 1. The fraction of sp³-hybridized carbons (Fsp3) is 0.130. The third-order valence-corrected chi connectivity index (χ3v) is 3.82. The Kier molecular flexibility index (Phi) is 6.79. The standard InChI is InChI=1S/C23H20O5/c24-22(16-18-8-3-1-4-9-18)28-21-13-7-10-19(17-21)23(25)27-15-14-26-20-11-5-2-6-12-20/h1-13,17H,14-16H2. The van der Waals surface area contributed by atoms with Gasteiger partial charge in [-0.05, 0) is 35.9 Å². The molecular formula is C23H20O5. The molecule has 0 N–H and O–H groups in total. The summed E-state index contributed by atoms with van der Waals surface area (Å²) < 4.78 is 16.0. The van der Waals surface area contributed by atoms with E-state index in [0.29, 0.717) is 17.1 Å². The predicted molar refractivity (Wildman–Crippen MR) is 104 cm³/mol. The van der Waals surface area contributed by atoms with Gasteiger partial charge in [0.1, 0.15) is 24.7 Å². The van der Waals surface area contributed by atoms with Crippen LogP contribution in [-0.2, 0) is 16.0 Å². The minimum atomic E-state index is -0.502. The van der Waals surface area contributed by atoms with Gasteiger partial charge in [0, 0.05) is 0 Å². The van der Waals surface area contributed by atoms with Crippen LogP contribution < -0.4 is 9.47 Å². The van der Waals surface area contributed by atoms with Gasteiger partial charge < -0.3 is 14.2 Å². The van der Waals surface area contributed by atoms with Crippen LogP contribution in [0, 0.1) is 0 Å². The third kappa shape index (κ3) is 5.99. The first kappa shape index (κ1) is 19.2. The van der Waals surface area contributed by atoms with Gasteiger partial charge >= 0.3 is 11.9 Å². The minimum absolute atomic E-state index is 0.117. The van der Waals surface area contributed by atoms with Crippen LogP contribution in [0.1, 0.15) is 15.9 Å². The molecule has 3 aromatic carbocycles. The number of ether oxygens (including phenoxy) is 3. The summed E-state index contributed by atoms with van der Waals surface area (Å²) in [7, 11) is 0. The molecular weight excluding hydrogens is 356 g/mol. The second-order valence-electron chi connectivity index (χ2n) is 5.96. The van der Waals surface area contributed by atoms with E-state index in [1.54, 1.807) is 18.2 Å². The fourth-order valence-corrected chi connectivity index (χ4v) is 2.51. The van der Waals surface area contributed by atoms with Crippen LogP contribution in [0.4, 0.5) is 0 Å². The molecule has 0 spiro atoms. The molecule has 0 bridgehead atoms. The Morgan fingerprint density at radius 1 is 0.714 bits per heavy atom. The normalized spacial score (nSPS) is 10.1. The minimum Gasteiger partial charge on any atom is -0.490 e. The van der Waals surface area contributed by atoms with E-state index in [2.05, 4.69) is 0 Å². The zero-order chi connectivity index (χ0) is 19.6. The summed E-state index contributed by atoms with van der Waals surface area (Å²) in [6, 6.07) is 25.0. The van der Waals surface area contributed by atoms with Crippen molar-refractivity contribution in [2.45, 2.75) is 6.42 Å². The SMILES string of the molecule is O=C(Cc1ccccc1)Oc1cccc(C(=O)OCCOc2ccccc2)c1. The number of esters is 2. The average molecular weight is 376 g/mol. The third-order valence-electron chi connectivity index (χ3n) is 3.82. The topological polar surface area (TPSA) is 61.8 Å². The first-order valence-electron chi connectivity index (χ1n) is 8.90. The Balaban J connectivity index is 1.48. The van der Waals surface area contributed by atoms with Gasteiger partial charge in [-0.3, -0.25) is 4.79 Å². The van der Waals surface area contributed by atoms with Crippen molar-refractivity contribution in [2.24, 2.45) is 0 Å². The van der Waals surface area contributed by atoms with Crippen molar-refractivity contribution >= 4 is 11.9 Å². The summed E-state index contributed by atoms with van der Waals surface area (Å²) >= 11 is 0. The van der Waals surface area contributed by atoms with Gasteiger partial charge in [-0.1, -0.05) is 54.6 Å². The molecule has 0 fully saturated rings. The monoisotopic (exact) mass is 376 g/mol. The first-order chi connectivity index (χ1) is 13.7. The largest absolute Gasteiger partial charge is 0.490 e. The van der Waals surface area contributed by atoms with E-state index >= 15 is 0 Å². The summed E-state index contributed by atoms with van der Waals surface area (Å²) in [4.78, 5) is 24.2. The molecule has 0 saturated carbocycles. The molecule has 142 valence electrons. The number of carbonyl (C=O) groups excluding carboxylic acids is 2. The zero-order valence-electron chi connectivity index (χ0n) is 15.2. The van der Waals surface area contributed by atoms with Gasteiger partial charge in [-0.25, -0.2) is 4.79 Å². The number of hydrogen-bond donors (Lipinski definition) is 0. The van der Waals surface area contributed by atoms with Crippen LogP contribution >= 0.6 is 0 Å². The quantitative estimate of drug-likeness (QED) is 0.337. The number of benzene rings is 3. The van der Waals surface area contributed by atoms with E-state index < -0.39 is 11.9 Å². The van der Waals surface area contributed by atoms with Gasteiger partial charge in [-0.15, -0.1) is 0 Å². The molecule has 3 rings (SSSR count). The molecule has 0 radical (unpaired) electrons. The highest BCUT2D eigenvalue weighted by atomic mass is 16.6. The molecule has 0 amide bonds. The summed E-state index contributed by atoms with van der Waals surface area (Å²) in [6.07, 6.45) is 0.159. The molecule has 5 nitrogen and oxygen atoms in total. The predicted octanol–water partition coefficient (Wildman–Crippen LogP) is 4.07. The number of carbonyl (C=O) groups is 2. The highest BCUT2D eigenvalue weighted by molar-refractivity contribution is 5.90. The number of rotatable bonds is 8. The smallest absolute Gasteiger partial charge is 0.338 e. The van der Waals surface area contributed by atoms with Crippen LogP contribution in [0.15, 0.2) is 84.9 Å². The maximum Gasteiger partial charge on any atom is 0.338 e. The van der Waals surface area contributed by atoms with Crippen molar-refractivity contribution in [3.8, 4) is 11.5 Å². The van der Waals surface area contributed by atoms with Crippen LogP contribution in [0.25, 0.3) is 0 Å². The van der Waals surface area contributed by atoms with Crippen molar-refractivity contribution in [1.82, 2.24) is 0 Å². The van der Waals surface area contributed by atoms with Gasteiger partial charge in [0.2, 0.25) is 0 Å². The molecule has 0 aliphatic carbocycles. The molecule has 0 saturated heterocycles. The summed E-state index contributed by atoms with van der Waals surface area (Å²) in [5.74, 6) is 0.118. The van der Waals surface area contributed by atoms with E-state index in [-0.39, 0.29) is 19.6 Å². The van der Waals surface area contributed by atoms with E-state index in [9.17, 15) is 9.59 Å². The van der Waals surface area contributed by atoms with Crippen molar-refractivity contribution in [3.05, 3.63) is 96.1 Å². The summed E-state index contributed by atoms with van der Waals surface area (Å²) in [6.45, 7) is 0.368. The lowest BCUT2D eigenvalue weighted by atomic mass is 10.1. The lowest BCUT2D eigenvalue weighted by Crippen LogP contribution is -2.13. The highest BCUT2D eigenvalue weighted by Gasteiger charge is 2.11. The van der Waals surface area contributed by atoms with Crippen molar-refractivity contribution < 1.29 is 23.8 Å². The van der Waals surface area contributed by atoms with Gasteiger partial charge in [-0.2, -0.15) is 0 Å². The molecule has 3 aromatic rings. The average Bonchev–Trinajstić information content (AvgIpc) is 2.72. The van der Waals surface area contributed by atoms with Crippen LogP contribution in [0.5, 0.6) is 11.5 Å².